The van der Waals surface area contributed by atoms with Crippen molar-refractivity contribution in [1.29, 1.82) is 0 Å². The van der Waals surface area contributed by atoms with Crippen LogP contribution in [-0.2, 0) is 16.1 Å². The lowest BCUT2D eigenvalue weighted by atomic mass is 9.83. The molecule has 0 radical (unpaired) electrons. The molecule has 2 atom stereocenters. The second kappa shape index (κ2) is 13.0. The molecule has 12 heteroatoms. The highest BCUT2D eigenvalue weighted by atomic mass is 79.9. The highest BCUT2D eigenvalue weighted by molar-refractivity contribution is 9.10. The summed E-state index contributed by atoms with van der Waals surface area (Å²) in [6.07, 6.45) is 0. The third-order valence-corrected chi connectivity index (χ3v) is 9.12. The van der Waals surface area contributed by atoms with Gasteiger partial charge < -0.3 is 31.3 Å². The van der Waals surface area contributed by atoms with Gasteiger partial charge in [0, 0.05) is 32.9 Å². The van der Waals surface area contributed by atoms with Crippen LogP contribution >= 0.6 is 39.9 Å². The minimum atomic E-state index is -1.51. The number of nitrogens with zero attached hydrogens (tertiary/aromatic N) is 2. The van der Waals surface area contributed by atoms with E-state index >= 15 is 0 Å². The first kappa shape index (κ1) is 33.1. The first-order valence-electron chi connectivity index (χ1n) is 13.5. The standard InChI is InChI=1S/C32H31BrClN5O4.ClH/c1-32(37-2,31(36)42)24-17-39(29(40)18-7-10-20(35)11-8-18)27-15-19(34)9-13-26(27)38(30(24)41)16-23-21-5-4-6-25(33)22(21)12-14-28(23)43-3;/h4-15,24,37H,16-17,35H2,1-3H3,(H2,36,42);1H/t24-,32?;/m1./s1. The topological polar surface area (TPSA) is 131 Å². The molecule has 5 N–H and O–H groups in total. The molecule has 5 rings (SSSR count). The van der Waals surface area contributed by atoms with Gasteiger partial charge in [0.25, 0.3) is 5.91 Å². The lowest BCUT2D eigenvalue weighted by Gasteiger charge is -2.36. The Morgan fingerprint density at radius 3 is 2.41 bits per heavy atom. The van der Waals surface area contributed by atoms with Crippen molar-refractivity contribution in [1.82, 2.24) is 5.32 Å². The number of carbonyl (C=O) groups excluding carboxylic acids is 3. The van der Waals surface area contributed by atoms with E-state index in [4.69, 9.17) is 27.8 Å². The maximum absolute atomic E-state index is 14.7. The van der Waals surface area contributed by atoms with E-state index in [1.807, 2.05) is 30.3 Å². The van der Waals surface area contributed by atoms with E-state index in [2.05, 4.69) is 21.2 Å². The largest absolute Gasteiger partial charge is 0.496 e. The van der Waals surface area contributed by atoms with Crippen LogP contribution in [0.1, 0.15) is 22.8 Å². The maximum atomic E-state index is 14.7. The van der Waals surface area contributed by atoms with Crippen molar-refractivity contribution in [3.05, 3.63) is 93.4 Å². The average Bonchev–Trinajstić information content (AvgIpc) is 3.11. The van der Waals surface area contributed by atoms with Crippen molar-refractivity contribution >= 4 is 85.5 Å². The lowest BCUT2D eigenvalue weighted by Crippen LogP contribution is -2.63. The van der Waals surface area contributed by atoms with Crippen molar-refractivity contribution in [2.75, 3.05) is 36.2 Å². The van der Waals surface area contributed by atoms with Crippen molar-refractivity contribution < 1.29 is 19.1 Å². The molecule has 0 aliphatic carbocycles. The second-order valence-corrected chi connectivity index (χ2v) is 11.8. The monoisotopic (exact) mass is 699 g/mol. The zero-order valence-electron chi connectivity index (χ0n) is 24.3. The molecule has 0 spiro atoms. The Labute approximate surface area is 275 Å². The molecule has 0 aromatic heterocycles. The van der Waals surface area contributed by atoms with Gasteiger partial charge in [0.15, 0.2) is 0 Å². The fourth-order valence-electron chi connectivity index (χ4n) is 5.52. The molecule has 1 aliphatic heterocycles. The number of anilines is 3. The SMILES string of the molecule is CNC(C)(C(N)=O)[C@@H]1CN(C(=O)c2ccc(N)cc2)c2cc(Cl)ccc2N(Cc2c(OC)ccc3c(Br)cccc23)C1=O.Cl. The Bertz CT molecular complexity index is 1750. The average molecular weight is 701 g/mol. The van der Waals surface area contributed by atoms with Gasteiger partial charge in [-0.1, -0.05) is 39.7 Å². The summed E-state index contributed by atoms with van der Waals surface area (Å²) in [6, 6.07) is 21.1. The van der Waals surface area contributed by atoms with Crippen LogP contribution in [0, 0.1) is 5.92 Å². The Hall–Kier alpha value is -3.83. The third-order valence-electron chi connectivity index (χ3n) is 8.19. The molecular formula is C32H32BrCl2N5O4. The Morgan fingerprint density at radius 1 is 1.07 bits per heavy atom. The Kier molecular flexibility index (Phi) is 9.80. The number of nitrogens with two attached hydrogens (primary N) is 2. The fraction of sp³-hybridized carbons (Fsp3) is 0.219. The van der Waals surface area contributed by atoms with Gasteiger partial charge in [0.1, 0.15) is 11.3 Å². The fourth-order valence-corrected chi connectivity index (χ4v) is 6.18. The number of rotatable bonds is 7. The molecule has 0 bridgehead atoms. The molecule has 3 amide bonds. The van der Waals surface area contributed by atoms with Crippen LogP contribution in [0.25, 0.3) is 10.8 Å². The summed E-state index contributed by atoms with van der Waals surface area (Å²) in [5.74, 6) is -2.02. The van der Waals surface area contributed by atoms with E-state index in [0.717, 1.165) is 20.8 Å². The van der Waals surface area contributed by atoms with E-state index in [-0.39, 0.29) is 25.5 Å². The molecule has 0 saturated heterocycles. The zero-order chi connectivity index (χ0) is 31.1. The van der Waals surface area contributed by atoms with E-state index in [0.29, 0.717) is 33.4 Å². The van der Waals surface area contributed by atoms with Gasteiger partial charge in [-0.3, -0.25) is 14.4 Å². The van der Waals surface area contributed by atoms with Gasteiger partial charge >= 0.3 is 0 Å². The van der Waals surface area contributed by atoms with Crippen LogP contribution in [0.2, 0.25) is 5.02 Å². The van der Waals surface area contributed by atoms with Crippen LogP contribution in [0.3, 0.4) is 0 Å². The molecule has 4 aromatic rings. The smallest absolute Gasteiger partial charge is 0.258 e. The second-order valence-electron chi connectivity index (χ2n) is 10.5. The number of methoxy groups -OCH3 is 1. The minimum absolute atomic E-state index is 0. The molecule has 0 saturated carbocycles. The molecular weight excluding hydrogens is 669 g/mol. The summed E-state index contributed by atoms with van der Waals surface area (Å²) in [5.41, 5.74) is 12.7. The number of nitrogen functional groups attached to an aromatic ring is 1. The van der Waals surface area contributed by atoms with Gasteiger partial charge in [-0.2, -0.15) is 0 Å². The van der Waals surface area contributed by atoms with Gasteiger partial charge in [-0.05, 0) is 85.4 Å². The predicted molar refractivity (Wildman–Crippen MR) is 181 cm³/mol. The first-order valence-corrected chi connectivity index (χ1v) is 14.7. The van der Waals surface area contributed by atoms with Gasteiger partial charge in [-0.25, -0.2) is 0 Å². The molecule has 1 heterocycles. The number of primary amides is 1. The zero-order valence-corrected chi connectivity index (χ0v) is 27.4. The summed E-state index contributed by atoms with van der Waals surface area (Å²) in [6.45, 7) is 1.49. The highest BCUT2D eigenvalue weighted by Crippen LogP contribution is 2.42. The molecule has 0 fully saturated rings. The van der Waals surface area contributed by atoms with Crippen LogP contribution in [0.15, 0.2) is 77.3 Å². The summed E-state index contributed by atoms with van der Waals surface area (Å²) < 4.78 is 6.64. The minimum Gasteiger partial charge on any atom is -0.496 e. The third kappa shape index (κ3) is 5.82. The first-order chi connectivity index (χ1) is 20.5. The molecule has 230 valence electrons. The number of amides is 3. The number of benzene rings is 4. The number of hydrogen-bond donors (Lipinski definition) is 3. The molecule has 1 unspecified atom stereocenters. The van der Waals surface area contributed by atoms with Crippen molar-refractivity contribution in [3.8, 4) is 5.75 Å². The van der Waals surface area contributed by atoms with Crippen LogP contribution < -0.4 is 31.3 Å². The van der Waals surface area contributed by atoms with Gasteiger partial charge in [-0.15, -0.1) is 12.4 Å². The number of likely N-dealkylation sites (N-methyl/N-ethyl adjacent to an activating group) is 1. The van der Waals surface area contributed by atoms with E-state index < -0.39 is 29.2 Å². The quantitative estimate of drug-likeness (QED) is 0.217. The molecule has 44 heavy (non-hydrogen) atoms. The predicted octanol–water partition coefficient (Wildman–Crippen LogP) is 5.54. The van der Waals surface area contributed by atoms with Crippen molar-refractivity contribution in [3.63, 3.8) is 0 Å². The lowest BCUT2D eigenvalue weighted by molar-refractivity contribution is -0.133. The number of ether oxygens (including phenoxy) is 1. The Balaban J connectivity index is 0.00000442. The maximum Gasteiger partial charge on any atom is 0.258 e. The number of hydrogen-bond acceptors (Lipinski definition) is 6. The van der Waals surface area contributed by atoms with E-state index in [9.17, 15) is 14.4 Å². The molecule has 9 nitrogen and oxygen atoms in total. The Morgan fingerprint density at radius 2 is 1.77 bits per heavy atom. The number of nitrogens with one attached hydrogen (secondary N) is 1. The number of fused-ring (bicyclic) bond motifs is 2. The normalized spacial score (nSPS) is 16.0. The van der Waals surface area contributed by atoms with Crippen molar-refractivity contribution in [2.45, 2.75) is 19.0 Å². The van der Waals surface area contributed by atoms with Crippen LogP contribution in [-0.4, -0.2) is 44.0 Å². The summed E-state index contributed by atoms with van der Waals surface area (Å²) >= 11 is 10.1. The molecule has 1 aliphatic rings. The van der Waals surface area contributed by atoms with Crippen LogP contribution in [0.4, 0.5) is 17.1 Å². The van der Waals surface area contributed by atoms with Crippen LogP contribution in [0.5, 0.6) is 5.75 Å². The molecule has 4 aromatic carbocycles. The summed E-state index contributed by atoms with van der Waals surface area (Å²) in [7, 11) is 3.14. The van der Waals surface area contributed by atoms with Crippen molar-refractivity contribution in [2.24, 2.45) is 11.7 Å². The summed E-state index contributed by atoms with van der Waals surface area (Å²) in [4.78, 5) is 44.8. The number of halogens is 3. The van der Waals surface area contributed by atoms with Gasteiger partial charge in [0.05, 0.1) is 30.9 Å². The van der Waals surface area contributed by atoms with E-state index in [1.54, 1.807) is 68.4 Å². The highest BCUT2D eigenvalue weighted by Gasteiger charge is 2.49. The van der Waals surface area contributed by atoms with Gasteiger partial charge in [0.2, 0.25) is 11.8 Å². The number of carbonyl (C=O) groups is 3. The summed E-state index contributed by atoms with van der Waals surface area (Å²) in [5, 5.41) is 5.14. The van der Waals surface area contributed by atoms with E-state index in [1.165, 1.54) is 4.90 Å².